The number of nitrogens with two attached hydrogens (primary N) is 1. The molecule has 5 saturated carbocycles. The fraction of sp³-hybridized carbons (Fsp3) is 0.699. The van der Waals surface area contributed by atoms with Crippen LogP contribution in [0.4, 0.5) is 5.69 Å². The number of nitrogen functional groups attached to an aromatic ring is 1. The summed E-state index contributed by atoms with van der Waals surface area (Å²) < 4.78 is 7.04. The average molecular weight is 1150 g/mol. The molecule has 13 aliphatic rings. The Labute approximate surface area is 500 Å². The minimum atomic E-state index is -0.975. The van der Waals surface area contributed by atoms with Gasteiger partial charge in [-0.25, -0.2) is 0 Å². The molecule has 15 rings (SSSR count). The van der Waals surface area contributed by atoms with Crippen molar-refractivity contribution in [2.45, 2.75) is 198 Å². The molecule has 8 bridgehead atoms. The first-order valence-corrected chi connectivity index (χ1v) is 33.4. The van der Waals surface area contributed by atoms with Gasteiger partial charge in [-0.1, -0.05) is 101 Å². The zero-order valence-corrected chi connectivity index (χ0v) is 51.4. The number of Topliss-reactive ketones (excluding diaryl/α,β-unsaturated/α-hetero) is 2. The van der Waals surface area contributed by atoms with Gasteiger partial charge in [0.05, 0.1) is 29.3 Å². The second-order valence-electron chi connectivity index (χ2n) is 31.5. The van der Waals surface area contributed by atoms with Gasteiger partial charge < -0.3 is 46.6 Å². The van der Waals surface area contributed by atoms with Crippen LogP contribution in [0.1, 0.15) is 172 Å². The quantitative estimate of drug-likeness (QED) is 0.0640. The molecule has 9 N–H and O–H groups in total. The van der Waals surface area contributed by atoms with Gasteiger partial charge in [-0.05, 0) is 238 Å². The molecule has 454 valence electrons. The van der Waals surface area contributed by atoms with Crippen molar-refractivity contribution < 1.29 is 39.9 Å². The summed E-state index contributed by atoms with van der Waals surface area (Å²) in [5.41, 5.74) is 9.83. The number of phenolic OH excluding ortho intramolecular Hbond substituents is 1. The number of ether oxygens (including phenoxy) is 1. The molecular formula is C73H99N3O8. The minimum Gasteiger partial charge on any atom is -0.508 e. The van der Waals surface area contributed by atoms with Gasteiger partial charge in [-0.2, -0.15) is 0 Å². The standard InChI is InChI=1S/C73H99N3O8/c1-39(2)26-40-27-44(31-46(74)29-40)48-12-10-13-52(48)71(6)67(84-71)64(81)51-19-18-50-43(37-77)15-17-49-42-16-21-57(79)55(33-42)73-34-56-65-70(5,59(73)22-20-53-63(62(51)61(49)50)58(80)35-69(53,73)4)54-14-11-25-72(65,24-9-8-23-68(3,83)38-76-56)66(82)60(54)45-28-41(36-75-7)30-47(78)32-45/h11,14,16,18-19,21,27-32,39,42-43,48-52,54-57,59-62,64-65,67,75-79,81,83H,8-10,12-13,15,17,20,22-26,33-38,74H2,1-7H3/t42-,43-,48+,49+,50-,51+,52-,54+,55-,56-,57+,59-,60-,61+,62+,64-,65-,67-,68-,69+,70+,71-,72+,73-/m1/s1. The maximum Gasteiger partial charge on any atom is 0.160 e. The number of carbonyl (C=O) groups is 2. The number of benzene rings is 2. The van der Waals surface area contributed by atoms with Crippen LogP contribution in [0.15, 0.2) is 84.0 Å². The van der Waals surface area contributed by atoms with Crippen LogP contribution in [0.2, 0.25) is 0 Å². The number of carbonyl (C=O) groups excluding carboxylic acids is 2. The van der Waals surface area contributed by atoms with E-state index in [1.807, 2.05) is 26.1 Å². The molecule has 84 heavy (non-hydrogen) atoms. The topological polar surface area (TPSA) is 198 Å². The minimum absolute atomic E-state index is 0.0110. The molecule has 2 aromatic carbocycles. The lowest BCUT2D eigenvalue weighted by Crippen LogP contribution is -2.75. The normalized spacial score (nSPS) is 47.5. The van der Waals surface area contributed by atoms with Crippen LogP contribution in [0.5, 0.6) is 5.75 Å². The van der Waals surface area contributed by atoms with Crippen LogP contribution in [0.3, 0.4) is 0 Å². The van der Waals surface area contributed by atoms with Crippen molar-refractivity contribution in [1.29, 1.82) is 0 Å². The highest BCUT2D eigenvalue weighted by Crippen LogP contribution is 2.81. The number of aromatic hydroxyl groups is 1. The third kappa shape index (κ3) is 8.39. The Bertz CT molecular complexity index is 3090. The number of aliphatic hydroxyl groups is 4. The fourth-order valence-electron chi connectivity index (χ4n) is 23.9. The first-order chi connectivity index (χ1) is 40.1. The van der Waals surface area contributed by atoms with Crippen LogP contribution < -0.4 is 16.4 Å². The molecule has 11 heteroatoms. The number of ketones is 2. The third-order valence-corrected chi connectivity index (χ3v) is 26.8. The van der Waals surface area contributed by atoms with E-state index in [4.69, 9.17) is 10.5 Å². The van der Waals surface area contributed by atoms with Gasteiger partial charge in [0.1, 0.15) is 17.6 Å². The Balaban J connectivity index is 0.932. The number of aliphatic hydroxyl groups excluding tert-OH is 3. The van der Waals surface area contributed by atoms with Gasteiger partial charge in [-0.3, -0.25) is 9.59 Å². The summed E-state index contributed by atoms with van der Waals surface area (Å²) in [6.07, 6.45) is 24.5. The Morgan fingerprint density at radius 1 is 0.881 bits per heavy atom. The Morgan fingerprint density at radius 2 is 1.68 bits per heavy atom. The smallest absolute Gasteiger partial charge is 0.160 e. The number of hydrogen-bond acceptors (Lipinski definition) is 11. The number of anilines is 1. The number of fused-ring (bicyclic) bond motifs is 6. The summed E-state index contributed by atoms with van der Waals surface area (Å²) in [6.45, 7) is 14.7. The lowest BCUT2D eigenvalue weighted by atomic mass is 9.29. The summed E-state index contributed by atoms with van der Waals surface area (Å²) in [5, 5.41) is 69.3. The second kappa shape index (κ2) is 20.6. The molecule has 2 aliphatic heterocycles. The highest BCUT2D eigenvalue weighted by molar-refractivity contribution is 6.01. The van der Waals surface area contributed by atoms with E-state index in [0.29, 0.717) is 51.1 Å². The molecule has 11 nitrogen and oxygen atoms in total. The third-order valence-electron chi connectivity index (χ3n) is 26.8. The van der Waals surface area contributed by atoms with Crippen LogP contribution in [0.25, 0.3) is 0 Å². The van der Waals surface area contributed by atoms with E-state index in [-0.39, 0.29) is 101 Å². The summed E-state index contributed by atoms with van der Waals surface area (Å²) in [6, 6.07) is 12.3. The van der Waals surface area contributed by atoms with Crippen molar-refractivity contribution in [2.24, 2.45) is 98.6 Å². The lowest BCUT2D eigenvalue weighted by Gasteiger charge is -2.75. The maximum atomic E-state index is 16.5. The van der Waals surface area contributed by atoms with Crippen molar-refractivity contribution in [3.63, 3.8) is 0 Å². The highest BCUT2D eigenvalue weighted by Gasteiger charge is 2.79. The van der Waals surface area contributed by atoms with Crippen molar-refractivity contribution in [2.75, 3.05) is 25.9 Å². The number of allylic oxidation sites excluding steroid dienone is 6. The monoisotopic (exact) mass is 1150 g/mol. The average Bonchev–Trinajstić information content (AvgIpc) is 1.14. The SMILES string of the molecule is CNCc1cc(O)cc([C@H]2C(=O)[C@]34CC=C[C@@H]2[C@@]2(C)[C@H]5CCC6=C7C(=O)C[C@]6(C)[C@]5(C[C@@H](NC[C@](C)(O)CCCC3)[C@@H]42)[C@@H]2C[C@@H](C=C[C@@H]2O)[C@@H]2CC[C@H](CO)[C@H]3C=C[C@H]([C@@H](O)[C@H]4O[C@]4(C)[C@@H]4CCC[C@H]4c4cc(N)cc(CC(C)C)c4)[C@H]7[C@H]32)c1. The Hall–Kier alpha value is -3.94. The first kappa shape index (κ1) is 57.8. The molecule has 0 aromatic heterocycles. The molecule has 2 heterocycles. The van der Waals surface area contributed by atoms with Crippen LogP contribution in [-0.2, 0) is 27.3 Å². The van der Waals surface area contributed by atoms with Gasteiger partial charge in [-0.15, -0.1) is 0 Å². The summed E-state index contributed by atoms with van der Waals surface area (Å²) in [7, 11) is 1.91. The molecule has 2 spiro atoms. The van der Waals surface area contributed by atoms with E-state index in [1.54, 1.807) is 0 Å². The van der Waals surface area contributed by atoms with Gasteiger partial charge >= 0.3 is 0 Å². The van der Waals surface area contributed by atoms with Crippen LogP contribution in [-0.4, -0.2) is 92.9 Å². The predicted octanol–water partition coefficient (Wildman–Crippen LogP) is 10.8. The molecule has 0 amide bonds. The molecule has 11 aliphatic carbocycles. The van der Waals surface area contributed by atoms with Crippen molar-refractivity contribution in [3.8, 4) is 5.75 Å². The Kier molecular flexibility index (Phi) is 14.1. The van der Waals surface area contributed by atoms with Crippen LogP contribution >= 0.6 is 0 Å². The molecule has 0 unspecified atom stereocenters. The summed E-state index contributed by atoms with van der Waals surface area (Å²) in [5.74, 6) is 0.0780. The zero-order chi connectivity index (χ0) is 58.8. The second-order valence-corrected chi connectivity index (χ2v) is 31.5. The maximum absolute atomic E-state index is 16.5. The molecule has 2 saturated heterocycles. The van der Waals surface area contributed by atoms with Gasteiger partial charge in [0, 0.05) is 54.6 Å². The predicted molar refractivity (Wildman–Crippen MR) is 327 cm³/mol. The number of hydrogen-bond donors (Lipinski definition) is 8. The van der Waals surface area contributed by atoms with Crippen molar-refractivity contribution in [3.05, 3.63) is 106 Å². The van der Waals surface area contributed by atoms with E-state index in [2.05, 4.69) is 106 Å². The number of rotatable bonds is 10. The van der Waals surface area contributed by atoms with E-state index < -0.39 is 63.0 Å². The number of epoxide rings is 1. The fourth-order valence-corrected chi connectivity index (χ4v) is 23.9. The van der Waals surface area contributed by atoms with Crippen molar-refractivity contribution in [1.82, 2.24) is 10.6 Å². The zero-order valence-electron chi connectivity index (χ0n) is 51.4. The van der Waals surface area contributed by atoms with Crippen molar-refractivity contribution >= 4 is 17.3 Å². The Morgan fingerprint density at radius 3 is 2.46 bits per heavy atom. The number of nitrogens with one attached hydrogen (secondary N) is 2. The van der Waals surface area contributed by atoms with Gasteiger partial charge in [0.2, 0.25) is 0 Å². The highest BCUT2D eigenvalue weighted by atomic mass is 16.6. The summed E-state index contributed by atoms with van der Waals surface area (Å²) in [4.78, 5) is 32.9. The first-order valence-electron chi connectivity index (χ1n) is 33.4. The number of phenols is 1. The molecule has 24 atom stereocenters. The van der Waals surface area contributed by atoms with E-state index in [9.17, 15) is 25.5 Å². The summed E-state index contributed by atoms with van der Waals surface area (Å²) >= 11 is 0. The van der Waals surface area contributed by atoms with Crippen LogP contribution in [0, 0.1) is 98.6 Å². The molecule has 0 radical (unpaired) electrons. The molecular weight excluding hydrogens is 1050 g/mol. The number of β-amino-alcohol motifs (C(OH)–C–C–N with tert-alkyl or cyclic N) is 1. The molecule has 2 aromatic rings. The lowest BCUT2D eigenvalue weighted by molar-refractivity contribution is -0.243. The van der Waals surface area contributed by atoms with Gasteiger partial charge in [0.15, 0.2) is 5.78 Å². The van der Waals surface area contributed by atoms with E-state index in [0.717, 1.165) is 93.0 Å². The van der Waals surface area contributed by atoms with E-state index in [1.165, 1.54) is 16.7 Å². The van der Waals surface area contributed by atoms with E-state index >= 15 is 9.59 Å². The van der Waals surface area contributed by atoms with Gasteiger partial charge in [0.25, 0.3) is 0 Å². The largest absolute Gasteiger partial charge is 0.508 e. The molecule has 7 fully saturated rings.